The van der Waals surface area contributed by atoms with Crippen LogP contribution in [0.15, 0.2) is 48.6 Å². The predicted octanol–water partition coefficient (Wildman–Crippen LogP) is 3.08. The summed E-state index contributed by atoms with van der Waals surface area (Å²) in [6, 6.07) is 7.17. The number of nitrogens with two attached hydrogens (primary N) is 2. The Bertz CT molecular complexity index is 960. The Morgan fingerprint density at radius 2 is 1.13 bits per heavy atom. The minimum atomic E-state index is -1.20. The van der Waals surface area contributed by atoms with Gasteiger partial charge in [0.25, 0.3) is 11.4 Å². The molecule has 6 N–H and O–H groups in total. The number of benzene rings is 2. The summed E-state index contributed by atoms with van der Waals surface area (Å²) in [5.74, 6) is -0.327. The lowest BCUT2D eigenvalue weighted by atomic mass is 9.79. The van der Waals surface area contributed by atoms with Crippen molar-refractivity contribution < 1.29 is 20.1 Å². The zero-order valence-corrected chi connectivity index (χ0v) is 16.4. The van der Waals surface area contributed by atoms with Crippen molar-refractivity contribution in [3.05, 3.63) is 79.9 Å². The van der Waals surface area contributed by atoms with Gasteiger partial charge in [-0.2, -0.15) is 0 Å². The molecule has 10 nitrogen and oxygen atoms in total. The van der Waals surface area contributed by atoms with Crippen molar-refractivity contribution in [1.82, 2.24) is 0 Å². The number of nitro benzene ring substituents is 2. The quantitative estimate of drug-likeness (QED) is 0.394. The minimum absolute atomic E-state index is 0.163. The molecular formula is C20H22N4O6. The van der Waals surface area contributed by atoms with Crippen LogP contribution in [0, 0.1) is 20.2 Å². The fraction of sp³-hybridized carbons (Fsp3) is 0.200. The summed E-state index contributed by atoms with van der Waals surface area (Å²) in [5, 5.41) is 41.7. The van der Waals surface area contributed by atoms with E-state index < -0.39 is 20.9 Å². The molecule has 0 aliphatic heterocycles. The lowest BCUT2D eigenvalue weighted by Crippen LogP contribution is -2.60. The van der Waals surface area contributed by atoms with E-state index in [-0.39, 0.29) is 34.0 Å². The lowest BCUT2D eigenvalue weighted by Gasteiger charge is -2.36. The van der Waals surface area contributed by atoms with E-state index in [1.54, 1.807) is 13.8 Å². The Morgan fingerprint density at radius 3 is 1.43 bits per heavy atom. The number of rotatable bonds is 7. The topological polar surface area (TPSA) is 179 Å². The zero-order valence-electron chi connectivity index (χ0n) is 16.4. The highest BCUT2D eigenvalue weighted by atomic mass is 16.6. The van der Waals surface area contributed by atoms with Gasteiger partial charge in [-0.3, -0.25) is 20.2 Å². The normalized spacial score (nSPS) is 15.7. The first-order chi connectivity index (χ1) is 13.8. The van der Waals surface area contributed by atoms with E-state index in [1.807, 2.05) is 0 Å². The van der Waals surface area contributed by atoms with E-state index in [0.29, 0.717) is 0 Å². The molecule has 0 aromatic heterocycles. The predicted molar refractivity (Wildman–Crippen MR) is 113 cm³/mol. The number of aromatic hydroxyl groups is 2. The van der Waals surface area contributed by atoms with Crippen molar-refractivity contribution in [2.24, 2.45) is 11.5 Å². The summed E-state index contributed by atoms with van der Waals surface area (Å²) >= 11 is 0. The number of hydrogen-bond donors (Lipinski definition) is 4. The third kappa shape index (κ3) is 4.99. The van der Waals surface area contributed by atoms with Crippen molar-refractivity contribution in [2.75, 3.05) is 0 Å². The Morgan fingerprint density at radius 1 is 0.800 bits per heavy atom. The van der Waals surface area contributed by atoms with Crippen LogP contribution in [0.4, 0.5) is 11.4 Å². The molecule has 0 heterocycles. The number of nitro groups is 2. The maximum absolute atomic E-state index is 10.9. The van der Waals surface area contributed by atoms with Gasteiger partial charge in [-0.15, -0.1) is 0 Å². The Labute approximate surface area is 172 Å². The van der Waals surface area contributed by atoms with Crippen molar-refractivity contribution in [1.29, 1.82) is 0 Å². The van der Waals surface area contributed by atoms with Gasteiger partial charge in [0, 0.05) is 35.4 Å². The second-order valence-electron chi connectivity index (χ2n) is 7.23. The van der Waals surface area contributed by atoms with Gasteiger partial charge in [-0.05, 0) is 26.0 Å². The maximum atomic E-state index is 10.9. The molecule has 2 atom stereocenters. The molecule has 0 fully saturated rings. The van der Waals surface area contributed by atoms with Crippen LogP contribution in [-0.4, -0.2) is 31.1 Å². The zero-order chi connectivity index (χ0) is 22.7. The second kappa shape index (κ2) is 8.31. The summed E-state index contributed by atoms with van der Waals surface area (Å²) < 4.78 is 0. The van der Waals surface area contributed by atoms with Gasteiger partial charge < -0.3 is 21.7 Å². The Hall–Kier alpha value is -3.76. The molecule has 0 saturated heterocycles. The van der Waals surface area contributed by atoms with Gasteiger partial charge in [0.15, 0.2) is 0 Å². The van der Waals surface area contributed by atoms with Gasteiger partial charge in [0.2, 0.25) is 0 Å². The van der Waals surface area contributed by atoms with E-state index in [1.165, 1.54) is 60.7 Å². The van der Waals surface area contributed by atoms with Crippen LogP contribution in [0.5, 0.6) is 11.5 Å². The van der Waals surface area contributed by atoms with Crippen LogP contribution in [0.2, 0.25) is 0 Å². The largest absolute Gasteiger partial charge is 0.507 e. The molecule has 2 rings (SSSR count). The maximum Gasteiger partial charge on any atom is 0.270 e. The molecule has 10 heteroatoms. The average Bonchev–Trinajstić information content (AvgIpc) is 2.66. The number of hydrogen-bond acceptors (Lipinski definition) is 8. The first kappa shape index (κ1) is 22.5. The van der Waals surface area contributed by atoms with E-state index in [0.717, 1.165) is 0 Å². The molecule has 2 unspecified atom stereocenters. The number of non-ortho nitro benzene ring substituents is 2. The fourth-order valence-electron chi connectivity index (χ4n) is 2.46. The van der Waals surface area contributed by atoms with E-state index in [2.05, 4.69) is 0 Å². The fourth-order valence-corrected chi connectivity index (χ4v) is 2.46. The third-order valence-electron chi connectivity index (χ3n) is 4.82. The van der Waals surface area contributed by atoms with Gasteiger partial charge in [-0.25, -0.2) is 0 Å². The molecular weight excluding hydrogens is 392 g/mol. The molecule has 0 aliphatic rings. The molecule has 0 bridgehead atoms. The highest BCUT2D eigenvalue weighted by Crippen LogP contribution is 2.29. The van der Waals surface area contributed by atoms with Crippen LogP contribution in [-0.2, 0) is 0 Å². The standard InChI is InChI=1S/C20H22N4O6/c1-19(21,9-7-13-11-15(23(27)28)3-5-17(13)25)20(2,22)10-8-14-12-16(24(29)30)4-6-18(14)26/h3-12,25-26H,21-22H2,1-2H3. The van der Waals surface area contributed by atoms with Crippen molar-refractivity contribution >= 4 is 23.5 Å². The summed E-state index contributed by atoms with van der Waals surface area (Å²) in [6.45, 7) is 3.21. The minimum Gasteiger partial charge on any atom is -0.507 e. The first-order valence-electron chi connectivity index (χ1n) is 8.75. The molecule has 158 valence electrons. The molecule has 0 radical (unpaired) electrons. The highest BCUT2D eigenvalue weighted by Gasteiger charge is 2.34. The summed E-state index contributed by atoms with van der Waals surface area (Å²) in [6.07, 6.45) is 5.82. The molecule has 2 aromatic rings. The van der Waals surface area contributed by atoms with E-state index >= 15 is 0 Å². The Balaban J connectivity index is 2.33. The van der Waals surface area contributed by atoms with Crippen LogP contribution < -0.4 is 11.5 Å². The number of nitrogens with zero attached hydrogens (tertiary/aromatic N) is 2. The van der Waals surface area contributed by atoms with E-state index in [4.69, 9.17) is 11.5 Å². The molecule has 2 aromatic carbocycles. The molecule has 0 aliphatic carbocycles. The van der Waals surface area contributed by atoms with Crippen LogP contribution in [0.25, 0.3) is 12.2 Å². The first-order valence-corrected chi connectivity index (χ1v) is 8.75. The van der Waals surface area contributed by atoms with Crippen molar-refractivity contribution in [3.63, 3.8) is 0 Å². The monoisotopic (exact) mass is 414 g/mol. The number of phenolic OH excluding ortho intramolecular Hbond substituents is 2. The van der Waals surface area contributed by atoms with Crippen molar-refractivity contribution in [2.45, 2.75) is 24.9 Å². The van der Waals surface area contributed by atoms with Crippen LogP contribution in [0.1, 0.15) is 25.0 Å². The molecule has 0 amide bonds. The van der Waals surface area contributed by atoms with Gasteiger partial charge >= 0.3 is 0 Å². The molecule has 30 heavy (non-hydrogen) atoms. The van der Waals surface area contributed by atoms with Crippen LogP contribution >= 0.6 is 0 Å². The van der Waals surface area contributed by atoms with Gasteiger partial charge in [0.05, 0.1) is 20.9 Å². The SMILES string of the molecule is CC(N)(C=Cc1cc([N+](=O)[O-])ccc1O)C(C)(N)C=Cc1cc([N+](=O)[O-])ccc1O. The van der Waals surface area contributed by atoms with E-state index in [9.17, 15) is 30.4 Å². The summed E-state index contributed by atoms with van der Waals surface area (Å²) in [5.41, 5.74) is 10.2. The number of phenols is 2. The Kier molecular flexibility index (Phi) is 6.24. The smallest absolute Gasteiger partial charge is 0.270 e. The summed E-state index contributed by atoms with van der Waals surface area (Å²) in [7, 11) is 0. The average molecular weight is 414 g/mol. The highest BCUT2D eigenvalue weighted by molar-refractivity contribution is 5.64. The molecule has 0 saturated carbocycles. The van der Waals surface area contributed by atoms with Gasteiger partial charge in [-0.1, -0.05) is 24.3 Å². The van der Waals surface area contributed by atoms with Gasteiger partial charge in [0.1, 0.15) is 11.5 Å². The third-order valence-corrected chi connectivity index (χ3v) is 4.82. The van der Waals surface area contributed by atoms with Crippen molar-refractivity contribution in [3.8, 4) is 11.5 Å². The summed E-state index contributed by atoms with van der Waals surface area (Å²) in [4.78, 5) is 20.7. The molecule has 0 spiro atoms. The lowest BCUT2D eigenvalue weighted by molar-refractivity contribution is -0.385. The van der Waals surface area contributed by atoms with Crippen LogP contribution in [0.3, 0.4) is 0 Å². The second-order valence-corrected chi connectivity index (χ2v) is 7.23.